The average molecular weight is 411 g/mol. The lowest BCUT2D eigenvalue weighted by atomic mass is 10.2. The van der Waals surface area contributed by atoms with Crippen LogP contribution >= 0.6 is 0 Å². The van der Waals surface area contributed by atoms with Gasteiger partial charge in [-0.2, -0.15) is 4.31 Å². The van der Waals surface area contributed by atoms with Gasteiger partial charge in [0.15, 0.2) is 0 Å². The van der Waals surface area contributed by atoms with Crippen LogP contribution in [0.4, 0.5) is 5.69 Å². The van der Waals surface area contributed by atoms with E-state index in [1.165, 1.54) is 32.9 Å². The van der Waals surface area contributed by atoms with E-state index in [1.807, 2.05) is 0 Å². The lowest BCUT2D eigenvalue weighted by molar-refractivity contribution is 0.316. The van der Waals surface area contributed by atoms with E-state index in [0.717, 1.165) is 0 Å². The van der Waals surface area contributed by atoms with Crippen molar-refractivity contribution >= 4 is 25.7 Å². The molecule has 0 aromatic heterocycles. The molecule has 1 aliphatic rings. The predicted octanol–water partition coefficient (Wildman–Crippen LogP) is 2.30. The normalized spacial score (nSPS) is 14.7. The molecule has 0 spiro atoms. The van der Waals surface area contributed by atoms with E-state index in [1.54, 1.807) is 38.1 Å². The smallest absolute Gasteiger partial charge is 0.264 e. The van der Waals surface area contributed by atoms with Crippen molar-refractivity contribution in [2.24, 2.45) is 0 Å². The Bertz CT molecular complexity index is 1010. The van der Waals surface area contributed by atoms with E-state index in [0.29, 0.717) is 24.5 Å². The summed E-state index contributed by atoms with van der Waals surface area (Å²) in [6, 6.07) is 12.3. The maximum atomic E-state index is 13.1. The third-order valence-corrected chi connectivity index (χ3v) is 8.33. The van der Waals surface area contributed by atoms with Crippen LogP contribution in [0.2, 0.25) is 0 Å². The maximum Gasteiger partial charge on any atom is 0.264 e. The van der Waals surface area contributed by atoms with E-state index in [-0.39, 0.29) is 22.9 Å². The molecule has 9 heteroatoms. The van der Waals surface area contributed by atoms with Gasteiger partial charge in [0, 0.05) is 13.1 Å². The van der Waals surface area contributed by atoms with Crippen LogP contribution in [0.25, 0.3) is 0 Å². The van der Waals surface area contributed by atoms with Crippen molar-refractivity contribution in [3.8, 4) is 5.75 Å². The van der Waals surface area contributed by atoms with Gasteiger partial charge in [-0.25, -0.2) is 16.8 Å². The molecule has 0 saturated heterocycles. The van der Waals surface area contributed by atoms with E-state index < -0.39 is 20.0 Å². The van der Waals surface area contributed by atoms with Crippen molar-refractivity contribution < 1.29 is 21.6 Å². The minimum absolute atomic E-state index is 0.0395. The Hall–Kier alpha value is -2.10. The average Bonchev–Trinajstić information content (AvgIpc) is 2.68. The second-order valence-electron chi connectivity index (χ2n) is 5.95. The van der Waals surface area contributed by atoms with Crippen molar-refractivity contribution in [2.75, 3.05) is 30.5 Å². The minimum atomic E-state index is -3.82. The number of rotatable bonds is 6. The van der Waals surface area contributed by atoms with Crippen LogP contribution in [0.1, 0.15) is 13.8 Å². The first-order valence-electron chi connectivity index (χ1n) is 8.67. The number of sulfonamides is 2. The Kier molecular flexibility index (Phi) is 5.45. The Balaban J connectivity index is 1.96. The van der Waals surface area contributed by atoms with Gasteiger partial charge in [0.1, 0.15) is 12.4 Å². The second kappa shape index (κ2) is 7.49. The first kappa shape index (κ1) is 19.7. The molecule has 0 bridgehead atoms. The topological polar surface area (TPSA) is 84.0 Å². The summed E-state index contributed by atoms with van der Waals surface area (Å²) in [5.74, 6) is 0.507. The van der Waals surface area contributed by atoms with E-state index in [2.05, 4.69) is 0 Å². The molecule has 1 aliphatic heterocycles. The molecule has 3 rings (SSSR count). The third kappa shape index (κ3) is 3.54. The molecule has 27 heavy (non-hydrogen) atoms. The second-order valence-corrected chi connectivity index (χ2v) is 9.75. The van der Waals surface area contributed by atoms with Crippen molar-refractivity contribution in [3.63, 3.8) is 0 Å². The lowest BCUT2D eigenvalue weighted by Crippen LogP contribution is -2.37. The first-order chi connectivity index (χ1) is 12.8. The summed E-state index contributed by atoms with van der Waals surface area (Å²) >= 11 is 0. The zero-order valence-electron chi connectivity index (χ0n) is 15.2. The zero-order chi connectivity index (χ0) is 19.7. The number of ether oxygens (including phenoxy) is 1. The molecular formula is C18H22N2O5S2. The SMILES string of the molecule is CCN(CC)S(=O)(=O)c1ccc(S(=O)(=O)N2CCOc3ccccc32)cc1. The van der Waals surface area contributed by atoms with Crippen molar-refractivity contribution in [1.29, 1.82) is 0 Å². The highest BCUT2D eigenvalue weighted by Gasteiger charge is 2.30. The summed E-state index contributed by atoms with van der Waals surface area (Å²) in [6.45, 7) is 4.67. The summed E-state index contributed by atoms with van der Waals surface area (Å²) in [6.07, 6.45) is 0. The monoisotopic (exact) mass is 410 g/mol. The molecule has 0 radical (unpaired) electrons. The molecular weight excluding hydrogens is 388 g/mol. The molecule has 0 amide bonds. The Morgan fingerprint density at radius 2 is 1.52 bits per heavy atom. The van der Waals surface area contributed by atoms with Gasteiger partial charge in [-0.3, -0.25) is 4.31 Å². The molecule has 0 atom stereocenters. The lowest BCUT2D eigenvalue weighted by Gasteiger charge is -2.30. The molecule has 0 N–H and O–H groups in total. The zero-order valence-corrected chi connectivity index (χ0v) is 16.8. The molecule has 2 aromatic rings. The Morgan fingerprint density at radius 1 is 0.926 bits per heavy atom. The number of para-hydroxylation sites is 2. The van der Waals surface area contributed by atoms with Crippen molar-refractivity contribution in [3.05, 3.63) is 48.5 Å². The van der Waals surface area contributed by atoms with E-state index in [9.17, 15) is 16.8 Å². The standard InChI is InChI=1S/C18H22N2O5S2/c1-3-19(4-2)26(21,22)15-9-11-16(12-10-15)27(23,24)20-13-14-25-18-8-6-5-7-17(18)20/h5-12H,3-4,13-14H2,1-2H3. The van der Waals surface area contributed by atoms with Gasteiger partial charge in [0.25, 0.3) is 10.0 Å². The molecule has 7 nitrogen and oxygen atoms in total. The summed E-state index contributed by atoms with van der Waals surface area (Å²) in [5, 5.41) is 0. The summed E-state index contributed by atoms with van der Waals surface area (Å²) in [5.41, 5.74) is 0.476. The summed E-state index contributed by atoms with van der Waals surface area (Å²) in [4.78, 5) is 0.116. The number of hydrogen-bond donors (Lipinski definition) is 0. The fraction of sp³-hybridized carbons (Fsp3) is 0.333. The Labute approximate surface area is 160 Å². The van der Waals surface area contributed by atoms with Gasteiger partial charge in [-0.15, -0.1) is 0 Å². The van der Waals surface area contributed by atoms with Crippen LogP contribution in [0.5, 0.6) is 5.75 Å². The van der Waals surface area contributed by atoms with Crippen LogP contribution in [0.3, 0.4) is 0 Å². The molecule has 1 heterocycles. The largest absolute Gasteiger partial charge is 0.489 e. The van der Waals surface area contributed by atoms with E-state index in [4.69, 9.17) is 4.74 Å². The Morgan fingerprint density at radius 3 is 2.15 bits per heavy atom. The number of fused-ring (bicyclic) bond motifs is 1. The van der Waals surface area contributed by atoms with Crippen LogP contribution < -0.4 is 9.04 Å². The van der Waals surface area contributed by atoms with E-state index >= 15 is 0 Å². The van der Waals surface area contributed by atoms with Crippen LogP contribution in [0, 0.1) is 0 Å². The number of hydrogen-bond acceptors (Lipinski definition) is 5. The van der Waals surface area contributed by atoms with Gasteiger partial charge in [-0.1, -0.05) is 26.0 Å². The molecule has 2 aromatic carbocycles. The fourth-order valence-electron chi connectivity index (χ4n) is 3.02. The van der Waals surface area contributed by atoms with Crippen LogP contribution in [0.15, 0.2) is 58.3 Å². The van der Waals surface area contributed by atoms with Gasteiger partial charge >= 0.3 is 0 Å². The summed E-state index contributed by atoms with van der Waals surface area (Å²) in [7, 11) is -7.46. The highest BCUT2D eigenvalue weighted by atomic mass is 32.2. The van der Waals surface area contributed by atoms with Crippen LogP contribution in [-0.4, -0.2) is 47.4 Å². The number of anilines is 1. The minimum Gasteiger partial charge on any atom is -0.489 e. The molecule has 0 aliphatic carbocycles. The maximum absolute atomic E-state index is 13.1. The highest BCUT2D eigenvalue weighted by Crippen LogP contribution is 2.35. The van der Waals surface area contributed by atoms with Gasteiger partial charge in [0.05, 0.1) is 22.0 Å². The number of nitrogens with zero attached hydrogens (tertiary/aromatic N) is 2. The molecule has 0 fully saturated rings. The van der Waals surface area contributed by atoms with Crippen molar-refractivity contribution in [2.45, 2.75) is 23.6 Å². The quantitative estimate of drug-likeness (QED) is 0.730. The fourth-order valence-corrected chi connectivity index (χ4v) is 5.93. The van der Waals surface area contributed by atoms with Gasteiger partial charge in [0.2, 0.25) is 10.0 Å². The predicted molar refractivity (Wildman–Crippen MR) is 103 cm³/mol. The molecule has 0 unspecified atom stereocenters. The molecule has 146 valence electrons. The third-order valence-electron chi connectivity index (χ3n) is 4.44. The molecule has 0 saturated carbocycles. The van der Waals surface area contributed by atoms with Gasteiger partial charge in [-0.05, 0) is 36.4 Å². The summed E-state index contributed by atoms with van der Waals surface area (Å²) < 4.78 is 59.4. The number of benzene rings is 2. The van der Waals surface area contributed by atoms with Gasteiger partial charge < -0.3 is 4.74 Å². The van der Waals surface area contributed by atoms with Crippen LogP contribution in [-0.2, 0) is 20.0 Å². The highest BCUT2D eigenvalue weighted by molar-refractivity contribution is 7.93. The first-order valence-corrected chi connectivity index (χ1v) is 11.5. The van der Waals surface area contributed by atoms with Crippen molar-refractivity contribution in [1.82, 2.24) is 4.31 Å².